The third-order valence-corrected chi connectivity index (χ3v) is 6.56. The van der Waals surface area contributed by atoms with Crippen LogP contribution in [0, 0.1) is 0 Å². The molecule has 10 heteroatoms. The average Bonchev–Trinajstić information content (AvgIpc) is 2.69. The van der Waals surface area contributed by atoms with Crippen LogP contribution >= 0.6 is 11.6 Å². The molecule has 1 aromatic rings. The molecule has 1 rings (SSSR count). The summed E-state index contributed by atoms with van der Waals surface area (Å²) in [7, 11) is -0.811. The van der Waals surface area contributed by atoms with Crippen LogP contribution in [0.1, 0.15) is 56.3 Å². The summed E-state index contributed by atoms with van der Waals surface area (Å²) in [6, 6.07) is 4.06. The maximum absolute atomic E-state index is 12.4. The Morgan fingerprint density at radius 3 is 2.39 bits per heavy atom. The van der Waals surface area contributed by atoms with Gasteiger partial charge in [0.15, 0.2) is 0 Å². The second-order valence-corrected chi connectivity index (χ2v) is 10.2. The van der Waals surface area contributed by atoms with Crippen LogP contribution in [0.15, 0.2) is 23.1 Å². The summed E-state index contributed by atoms with van der Waals surface area (Å²) in [6.07, 6.45) is 3.63. The second kappa shape index (κ2) is 13.7. The summed E-state index contributed by atoms with van der Waals surface area (Å²) in [5.41, 5.74) is 0.116. The van der Waals surface area contributed by atoms with Crippen molar-refractivity contribution in [2.75, 3.05) is 33.8 Å². The number of rotatable bonds is 14. The largest absolute Gasteiger partial charge is 0.379 e. The molecule has 2 N–H and O–H groups in total. The number of halogens is 1. The van der Waals surface area contributed by atoms with Gasteiger partial charge in [0.2, 0.25) is 15.9 Å². The standard InChI is InChI=1S/C21H34ClN3O5S/c1-16(2)30-14-8-13-23-20(26)9-6-5-7-12-24-21(27)18-15-17(10-11-19(18)22)31(28,29)25(3)4/h10-11,15-16H,5-9,12-14H2,1-4H3,(H,23,26)(H,24,27). The Labute approximate surface area is 190 Å². The predicted octanol–water partition coefficient (Wildman–Crippen LogP) is 2.81. The Hall–Kier alpha value is -1.68. The van der Waals surface area contributed by atoms with Gasteiger partial charge >= 0.3 is 0 Å². The monoisotopic (exact) mass is 475 g/mol. The van der Waals surface area contributed by atoms with Crippen molar-refractivity contribution in [3.63, 3.8) is 0 Å². The number of hydrogen-bond acceptors (Lipinski definition) is 5. The summed E-state index contributed by atoms with van der Waals surface area (Å²) in [4.78, 5) is 24.2. The minimum absolute atomic E-state index is 0.00818. The van der Waals surface area contributed by atoms with Crippen molar-refractivity contribution in [3.05, 3.63) is 28.8 Å². The van der Waals surface area contributed by atoms with Gasteiger partial charge in [-0.2, -0.15) is 0 Å². The zero-order valence-corrected chi connectivity index (χ0v) is 20.3. The number of ether oxygens (including phenoxy) is 1. The van der Waals surface area contributed by atoms with Gasteiger partial charge in [0.1, 0.15) is 0 Å². The van der Waals surface area contributed by atoms with E-state index in [0.29, 0.717) is 32.5 Å². The lowest BCUT2D eigenvalue weighted by molar-refractivity contribution is -0.121. The van der Waals surface area contributed by atoms with Crippen molar-refractivity contribution in [3.8, 4) is 0 Å². The van der Waals surface area contributed by atoms with Crippen molar-refractivity contribution >= 4 is 33.4 Å². The number of carbonyl (C=O) groups is 2. The van der Waals surface area contributed by atoms with E-state index in [-0.39, 0.29) is 27.5 Å². The van der Waals surface area contributed by atoms with Gasteiger partial charge in [-0.05, 0) is 51.3 Å². The van der Waals surface area contributed by atoms with Crippen molar-refractivity contribution in [1.29, 1.82) is 0 Å². The molecule has 0 bridgehead atoms. The number of hydrogen-bond donors (Lipinski definition) is 2. The molecule has 0 saturated heterocycles. The predicted molar refractivity (Wildman–Crippen MR) is 122 cm³/mol. The topological polar surface area (TPSA) is 105 Å². The summed E-state index contributed by atoms with van der Waals surface area (Å²) >= 11 is 6.07. The van der Waals surface area contributed by atoms with E-state index in [1.54, 1.807) is 0 Å². The fourth-order valence-electron chi connectivity index (χ4n) is 2.64. The Balaban J connectivity index is 2.32. The SMILES string of the molecule is CC(C)OCCCNC(=O)CCCCCNC(=O)c1cc(S(=O)(=O)N(C)C)ccc1Cl. The van der Waals surface area contributed by atoms with Gasteiger partial charge in [-0.25, -0.2) is 12.7 Å². The molecule has 0 heterocycles. The zero-order valence-electron chi connectivity index (χ0n) is 18.7. The quantitative estimate of drug-likeness (QED) is 0.402. The van der Waals surface area contributed by atoms with Gasteiger partial charge in [0, 0.05) is 40.2 Å². The normalized spacial score (nSPS) is 11.7. The summed E-state index contributed by atoms with van der Waals surface area (Å²) in [5, 5.41) is 5.80. The van der Waals surface area contributed by atoms with E-state index in [1.807, 2.05) is 13.8 Å². The summed E-state index contributed by atoms with van der Waals surface area (Å²) in [5.74, 6) is -0.415. The molecule has 0 unspecified atom stereocenters. The molecule has 0 aromatic heterocycles. The van der Waals surface area contributed by atoms with Crippen molar-refractivity contribution < 1.29 is 22.7 Å². The van der Waals surface area contributed by atoms with Crippen LogP contribution in [0.4, 0.5) is 0 Å². The summed E-state index contributed by atoms with van der Waals surface area (Å²) in [6.45, 7) is 5.59. The number of carbonyl (C=O) groups excluding carboxylic acids is 2. The van der Waals surface area contributed by atoms with Crippen LogP contribution in [-0.4, -0.2) is 64.4 Å². The maximum Gasteiger partial charge on any atom is 0.252 e. The Kier molecular flexibility index (Phi) is 12.1. The second-order valence-electron chi connectivity index (χ2n) is 7.62. The first-order valence-electron chi connectivity index (χ1n) is 10.4. The number of amides is 2. The van der Waals surface area contributed by atoms with Gasteiger partial charge in [-0.15, -0.1) is 0 Å². The average molecular weight is 476 g/mol. The minimum Gasteiger partial charge on any atom is -0.379 e. The Bertz CT molecular complexity index is 828. The molecule has 0 atom stereocenters. The van der Waals surface area contributed by atoms with Crippen molar-refractivity contribution in [2.24, 2.45) is 0 Å². The number of sulfonamides is 1. The molecule has 176 valence electrons. The first-order chi connectivity index (χ1) is 14.6. The molecule has 0 aliphatic heterocycles. The molecule has 0 saturated carbocycles. The van der Waals surface area contributed by atoms with E-state index < -0.39 is 15.9 Å². The highest BCUT2D eigenvalue weighted by Crippen LogP contribution is 2.22. The molecule has 2 amide bonds. The van der Waals surface area contributed by atoms with E-state index in [2.05, 4.69) is 10.6 Å². The minimum atomic E-state index is -3.65. The van der Waals surface area contributed by atoms with Crippen LogP contribution in [0.25, 0.3) is 0 Å². The third-order valence-electron chi connectivity index (χ3n) is 4.42. The maximum atomic E-state index is 12.4. The molecular weight excluding hydrogens is 442 g/mol. The fraction of sp³-hybridized carbons (Fsp3) is 0.619. The zero-order chi connectivity index (χ0) is 23.4. The van der Waals surface area contributed by atoms with Crippen LogP contribution in [-0.2, 0) is 19.6 Å². The van der Waals surface area contributed by atoms with Gasteiger partial charge in [0.05, 0.1) is 21.6 Å². The Morgan fingerprint density at radius 2 is 1.74 bits per heavy atom. The van der Waals surface area contributed by atoms with Gasteiger partial charge < -0.3 is 15.4 Å². The fourth-order valence-corrected chi connectivity index (χ4v) is 3.77. The van der Waals surface area contributed by atoms with Crippen LogP contribution in [0.2, 0.25) is 5.02 Å². The lowest BCUT2D eigenvalue weighted by Crippen LogP contribution is -2.26. The lowest BCUT2D eigenvalue weighted by atomic mass is 10.1. The number of unbranched alkanes of at least 4 members (excludes halogenated alkanes) is 2. The number of nitrogens with zero attached hydrogens (tertiary/aromatic N) is 1. The third kappa shape index (κ3) is 9.99. The van der Waals surface area contributed by atoms with Crippen LogP contribution < -0.4 is 10.6 Å². The molecule has 0 aliphatic carbocycles. The van der Waals surface area contributed by atoms with Crippen molar-refractivity contribution in [1.82, 2.24) is 14.9 Å². The highest BCUT2D eigenvalue weighted by atomic mass is 35.5. The number of nitrogens with one attached hydrogen (secondary N) is 2. The lowest BCUT2D eigenvalue weighted by Gasteiger charge is -2.13. The Morgan fingerprint density at radius 1 is 1.06 bits per heavy atom. The molecular formula is C21H34ClN3O5S. The molecule has 0 radical (unpaired) electrons. The molecule has 0 aliphatic rings. The van der Waals surface area contributed by atoms with Gasteiger partial charge in [-0.1, -0.05) is 18.0 Å². The van der Waals surface area contributed by atoms with Crippen LogP contribution in [0.5, 0.6) is 0 Å². The molecule has 31 heavy (non-hydrogen) atoms. The first-order valence-corrected chi connectivity index (χ1v) is 12.3. The summed E-state index contributed by atoms with van der Waals surface area (Å²) < 4.78 is 31.0. The molecule has 1 aromatic carbocycles. The highest BCUT2D eigenvalue weighted by molar-refractivity contribution is 7.89. The van der Waals surface area contributed by atoms with Crippen molar-refractivity contribution in [2.45, 2.75) is 57.0 Å². The van der Waals surface area contributed by atoms with Gasteiger partial charge in [0.25, 0.3) is 5.91 Å². The van der Waals surface area contributed by atoms with E-state index in [9.17, 15) is 18.0 Å². The van der Waals surface area contributed by atoms with E-state index in [4.69, 9.17) is 16.3 Å². The number of benzene rings is 1. The first kappa shape index (κ1) is 27.4. The molecule has 8 nitrogen and oxygen atoms in total. The highest BCUT2D eigenvalue weighted by Gasteiger charge is 2.20. The van der Waals surface area contributed by atoms with E-state index in [1.165, 1.54) is 32.3 Å². The molecule has 0 spiro atoms. The van der Waals surface area contributed by atoms with Crippen LogP contribution in [0.3, 0.4) is 0 Å². The smallest absolute Gasteiger partial charge is 0.252 e. The van der Waals surface area contributed by atoms with Gasteiger partial charge in [-0.3, -0.25) is 9.59 Å². The van der Waals surface area contributed by atoms with E-state index in [0.717, 1.165) is 23.6 Å². The van der Waals surface area contributed by atoms with E-state index >= 15 is 0 Å². The molecule has 0 fully saturated rings.